The van der Waals surface area contributed by atoms with Crippen molar-refractivity contribution in [3.8, 4) is 0 Å². The van der Waals surface area contributed by atoms with Crippen molar-refractivity contribution in [2.75, 3.05) is 4.72 Å². The highest BCUT2D eigenvalue weighted by molar-refractivity contribution is 7.92. The second kappa shape index (κ2) is 5.18. The molecule has 2 aromatic rings. The molecule has 6 heteroatoms. The molecule has 0 saturated carbocycles. The molecule has 0 bridgehead atoms. The van der Waals surface area contributed by atoms with Gasteiger partial charge in [-0.25, -0.2) is 8.42 Å². The minimum absolute atomic E-state index is 0.194. The Balaban J connectivity index is 2.31. The third-order valence-corrected chi connectivity index (χ3v) is 4.62. The lowest BCUT2D eigenvalue weighted by molar-refractivity contribution is 0.331. The second-order valence-corrected chi connectivity index (χ2v) is 7.85. The summed E-state index contributed by atoms with van der Waals surface area (Å²) in [6.45, 7) is 9.59. The van der Waals surface area contributed by atoms with Crippen LogP contribution in [0.15, 0.2) is 33.7 Å². The van der Waals surface area contributed by atoms with Crippen molar-refractivity contribution in [1.82, 2.24) is 5.16 Å². The Morgan fingerprint density at radius 3 is 2.33 bits per heavy atom. The lowest BCUT2D eigenvalue weighted by atomic mass is 9.93. The first-order chi connectivity index (χ1) is 9.59. The van der Waals surface area contributed by atoms with E-state index in [0.717, 1.165) is 5.56 Å². The van der Waals surface area contributed by atoms with Crippen LogP contribution < -0.4 is 4.72 Å². The molecule has 114 valence electrons. The summed E-state index contributed by atoms with van der Waals surface area (Å²) in [7, 11) is -3.67. The van der Waals surface area contributed by atoms with Crippen molar-refractivity contribution >= 4 is 15.8 Å². The van der Waals surface area contributed by atoms with Crippen LogP contribution in [0.1, 0.15) is 37.7 Å². The van der Waals surface area contributed by atoms with Crippen molar-refractivity contribution < 1.29 is 12.9 Å². The average molecular weight is 308 g/mol. The van der Waals surface area contributed by atoms with E-state index in [1.165, 1.54) is 0 Å². The molecular weight excluding hydrogens is 288 g/mol. The largest absolute Gasteiger partial charge is 0.359 e. The highest BCUT2D eigenvalue weighted by atomic mass is 32.2. The van der Waals surface area contributed by atoms with Gasteiger partial charge in [-0.1, -0.05) is 43.6 Å². The monoisotopic (exact) mass is 308 g/mol. The topological polar surface area (TPSA) is 72.2 Å². The molecule has 1 heterocycles. The number of benzene rings is 1. The molecule has 1 N–H and O–H groups in total. The number of anilines is 1. The van der Waals surface area contributed by atoms with Crippen LogP contribution in [0.25, 0.3) is 0 Å². The van der Waals surface area contributed by atoms with Crippen LogP contribution in [-0.2, 0) is 15.4 Å². The molecule has 0 radical (unpaired) electrons. The van der Waals surface area contributed by atoms with E-state index < -0.39 is 10.0 Å². The predicted molar refractivity (Wildman–Crippen MR) is 81.9 cm³/mol. The highest BCUT2D eigenvalue weighted by Gasteiger charge is 2.23. The molecule has 1 aromatic heterocycles. The zero-order valence-corrected chi connectivity index (χ0v) is 13.7. The van der Waals surface area contributed by atoms with E-state index in [0.29, 0.717) is 11.3 Å². The molecular formula is C15H20N2O3S. The van der Waals surface area contributed by atoms with Gasteiger partial charge in [0.25, 0.3) is 10.0 Å². The molecule has 0 unspecified atom stereocenters. The van der Waals surface area contributed by atoms with Crippen LogP contribution in [0.2, 0.25) is 0 Å². The first-order valence-electron chi connectivity index (χ1n) is 6.67. The van der Waals surface area contributed by atoms with Gasteiger partial charge in [0.1, 0.15) is 5.76 Å². The maximum atomic E-state index is 12.4. The highest BCUT2D eigenvalue weighted by Crippen LogP contribution is 2.26. The molecule has 2 rings (SSSR count). The van der Waals surface area contributed by atoms with Gasteiger partial charge in [0, 0.05) is 11.5 Å². The Kier molecular flexibility index (Phi) is 3.84. The number of rotatable bonds is 3. The third kappa shape index (κ3) is 3.44. The molecule has 0 aliphatic heterocycles. The molecule has 0 aliphatic carbocycles. The molecule has 1 aromatic carbocycles. The van der Waals surface area contributed by atoms with Crippen LogP contribution in [0.4, 0.5) is 5.82 Å². The van der Waals surface area contributed by atoms with Crippen LogP contribution in [-0.4, -0.2) is 13.6 Å². The second-order valence-electron chi connectivity index (χ2n) is 6.20. The number of nitrogens with one attached hydrogen (secondary N) is 1. The summed E-state index contributed by atoms with van der Waals surface area (Å²) in [5.41, 5.74) is 1.49. The van der Waals surface area contributed by atoms with E-state index in [9.17, 15) is 8.42 Å². The summed E-state index contributed by atoms with van der Waals surface area (Å²) in [6, 6.07) is 6.81. The van der Waals surface area contributed by atoms with Crippen molar-refractivity contribution in [3.05, 3.63) is 41.2 Å². The van der Waals surface area contributed by atoms with Crippen LogP contribution >= 0.6 is 0 Å². The lowest BCUT2D eigenvalue weighted by Crippen LogP contribution is -2.14. The van der Waals surface area contributed by atoms with Gasteiger partial charge in [0.2, 0.25) is 0 Å². The van der Waals surface area contributed by atoms with Gasteiger partial charge in [0.15, 0.2) is 5.82 Å². The Hall–Kier alpha value is -1.82. The van der Waals surface area contributed by atoms with E-state index >= 15 is 0 Å². The summed E-state index contributed by atoms with van der Waals surface area (Å²) in [5.74, 6) is 0.820. The summed E-state index contributed by atoms with van der Waals surface area (Å²) < 4.78 is 32.4. The maximum absolute atomic E-state index is 12.4. The van der Waals surface area contributed by atoms with E-state index in [1.807, 2.05) is 33.8 Å². The molecule has 0 atom stereocenters. The van der Waals surface area contributed by atoms with Gasteiger partial charge in [-0.3, -0.25) is 4.72 Å². The predicted octanol–water partition coefficient (Wildman–Crippen LogP) is 3.39. The van der Waals surface area contributed by atoms with Gasteiger partial charge in [-0.15, -0.1) is 0 Å². The zero-order chi connectivity index (χ0) is 15.8. The minimum atomic E-state index is -3.67. The van der Waals surface area contributed by atoms with Crippen molar-refractivity contribution in [3.63, 3.8) is 0 Å². The maximum Gasteiger partial charge on any atom is 0.263 e. The van der Waals surface area contributed by atoms with Crippen LogP contribution in [0.3, 0.4) is 0 Å². The van der Waals surface area contributed by atoms with Gasteiger partial charge in [-0.05, 0) is 25.5 Å². The van der Waals surface area contributed by atoms with Crippen molar-refractivity contribution in [2.45, 2.75) is 44.9 Å². The van der Waals surface area contributed by atoms with E-state index in [1.54, 1.807) is 25.1 Å². The standard InChI is InChI=1S/C15H20N2O3S/c1-10-6-7-12(11(2)8-10)21(18,19)17-14-9-13(20-16-14)15(3,4)5/h6-9H,1-5H3,(H,16,17). The summed E-state index contributed by atoms with van der Waals surface area (Å²) in [5, 5.41) is 3.78. The lowest BCUT2D eigenvalue weighted by Gasteiger charge is -2.12. The number of hydrogen-bond acceptors (Lipinski definition) is 4. The normalized spacial score (nSPS) is 12.4. The van der Waals surface area contributed by atoms with E-state index in [4.69, 9.17) is 4.52 Å². The fourth-order valence-electron chi connectivity index (χ4n) is 1.97. The first kappa shape index (κ1) is 15.6. The first-order valence-corrected chi connectivity index (χ1v) is 8.15. The quantitative estimate of drug-likeness (QED) is 0.943. The molecule has 5 nitrogen and oxygen atoms in total. The van der Waals surface area contributed by atoms with Gasteiger partial charge < -0.3 is 4.52 Å². The molecule has 0 fully saturated rings. The SMILES string of the molecule is Cc1ccc(S(=O)(=O)Nc2cc(C(C)(C)C)on2)c(C)c1. The molecule has 0 spiro atoms. The molecule has 0 aliphatic rings. The van der Waals surface area contributed by atoms with E-state index in [-0.39, 0.29) is 16.1 Å². The summed E-state index contributed by atoms with van der Waals surface area (Å²) >= 11 is 0. The Bertz CT molecular complexity index is 755. The minimum Gasteiger partial charge on any atom is -0.359 e. The van der Waals surface area contributed by atoms with Crippen LogP contribution in [0.5, 0.6) is 0 Å². The number of nitrogens with zero attached hydrogens (tertiary/aromatic N) is 1. The summed E-state index contributed by atoms with van der Waals surface area (Å²) in [4.78, 5) is 0.244. The van der Waals surface area contributed by atoms with Gasteiger partial charge >= 0.3 is 0 Å². The molecule has 0 amide bonds. The Morgan fingerprint density at radius 1 is 1.14 bits per heavy atom. The van der Waals surface area contributed by atoms with Crippen LogP contribution in [0, 0.1) is 13.8 Å². The smallest absolute Gasteiger partial charge is 0.263 e. The van der Waals surface area contributed by atoms with Crippen molar-refractivity contribution in [2.24, 2.45) is 0 Å². The van der Waals surface area contributed by atoms with E-state index in [2.05, 4.69) is 9.88 Å². The van der Waals surface area contributed by atoms with Gasteiger partial charge in [0.05, 0.1) is 4.90 Å². The number of aryl methyl sites for hydroxylation is 2. The van der Waals surface area contributed by atoms with Crippen molar-refractivity contribution in [1.29, 1.82) is 0 Å². The molecule has 0 saturated heterocycles. The summed E-state index contributed by atoms with van der Waals surface area (Å²) in [6.07, 6.45) is 0. The fraction of sp³-hybridized carbons (Fsp3) is 0.400. The third-order valence-electron chi connectivity index (χ3n) is 3.11. The average Bonchev–Trinajstić information content (AvgIpc) is 2.75. The Morgan fingerprint density at radius 2 is 1.81 bits per heavy atom. The number of hydrogen-bond donors (Lipinski definition) is 1. The zero-order valence-electron chi connectivity index (χ0n) is 12.9. The fourth-order valence-corrected chi connectivity index (χ4v) is 3.18. The Labute approximate surface area is 125 Å². The molecule has 21 heavy (non-hydrogen) atoms. The van der Waals surface area contributed by atoms with Gasteiger partial charge in [-0.2, -0.15) is 0 Å². The number of sulfonamides is 1. The number of aromatic nitrogens is 1.